The molecule has 7 nitrogen and oxygen atoms in total. The lowest BCUT2D eigenvalue weighted by Gasteiger charge is -2.19. The van der Waals surface area contributed by atoms with Gasteiger partial charge in [0.15, 0.2) is 0 Å². The van der Waals surface area contributed by atoms with Crippen LogP contribution >= 0.6 is 0 Å². The minimum atomic E-state index is -3.72. The predicted molar refractivity (Wildman–Crippen MR) is 107 cm³/mol. The Labute approximate surface area is 165 Å². The molecule has 0 aliphatic carbocycles. The van der Waals surface area contributed by atoms with E-state index >= 15 is 0 Å². The van der Waals surface area contributed by atoms with E-state index in [1.165, 1.54) is 43.5 Å². The molecule has 2 aromatic rings. The first-order valence-corrected chi connectivity index (χ1v) is 10.2. The molecule has 0 saturated heterocycles. The number of benzene rings is 2. The Morgan fingerprint density at radius 2 is 1.54 bits per heavy atom. The van der Waals surface area contributed by atoms with Gasteiger partial charge in [-0.2, -0.15) is 0 Å². The normalized spacial score (nSPS) is 12.3. The first kappa shape index (κ1) is 21.4. The Balaban J connectivity index is 2.11. The van der Waals surface area contributed by atoms with E-state index in [9.17, 15) is 18.0 Å². The van der Waals surface area contributed by atoms with Crippen LogP contribution in [-0.2, 0) is 19.6 Å². The maximum atomic E-state index is 12.4. The number of amides is 1. The predicted octanol–water partition coefficient (Wildman–Crippen LogP) is 2.72. The highest BCUT2D eigenvalue weighted by Gasteiger charge is 2.25. The van der Waals surface area contributed by atoms with Gasteiger partial charge in [-0.25, -0.2) is 13.2 Å². The van der Waals surface area contributed by atoms with Crippen LogP contribution in [0, 0.1) is 12.8 Å². The number of ether oxygens (including phenoxy) is 1. The summed E-state index contributed by atoms with van der Waals surface area (Å²) in [5, 5.41) is 2.63. The topological polar surface area (TPSA) is 102 Å². The van der Waals surface area contributed by atoms with Crippen molar-refractivity contribution in [2.75, 3.05) is 11.8 Å². The van der Waals surface area contributed by atoms with Crippen molar-refractivity contribution in [1.82, 2.24) is 5.32 Å². The highest BCUT2D eigenvalue weighted by molar-refractivity contribution is 7.92. The van der Waals surface area contributed by atoms with E-state index in [-0.39, 0.29) is 10.8 Å². The molecule has 2 aromatic carbocycles. The van der Waals surface area contributed by atoms with Gasteiger partial charge in [-0.3, -0.25) is 9.52 Å². The lowest BCUT2D eigenvalue weighted by atomic mass is 10.0. The molecule has 0 unspecified atom stereocenters. The molecule has 0 fully saturated rings. The van der Waals surface area contributed by atoms with Crippen molar-refractivity contribution in [3.63, 3.8) is 0 Å². The monoisotopic (exact) mass is 404 g/mol. The fourth-order valence-corrected chi connectivity index (χ4v) is 3.53. The number of rotatable bonds is 7. The van der Waals surface area contributed by atoms with Crippen LogP contribution < -0.4 is 10.0 Å². The van der Waals surface area contributed by atoms with E-state index in [1.807, 2.05) is 6.92 Å². The molecule has 1 atom stereocenters. The SMILES string of the molecule is COC(=O)[C@@H](NC(=O)c1ccc(NS(=O)(=O)c2ccc(C)cc2)cc1)C(C)C. The van der Waals surface area contributed by atoms with Crippen LogP contribution in [0.25, 0.3) is 0 Å². The molecule has 0 heterocycles. The molecule has 0 radical (unpaired) electrons. The number of aryl methyl sites for hydroxylation is 1. The summed E-state index contributed by atoms with van der Waals surface area (Å²) in [7, 11) is -2.46. The lowest BCUT2D eigenvalue weighted by molar-refractivity contribution is -0.144. The van der Waals surface area contributed by atoms with Gasteiger partial charge in [0, 0.05) is 11.3 Å². The summed E-state index contributed by atoms with van der Waals surface area (Å²) in [6, 6.07) is 11.7. The van der Waals surface area contributed by atoms with Crippen molar-refractivity contribution in [1.29, 1.82) is 0 Å². The van der Waals surface area contributed by atoms with Gasteiger partial charge in [-0.15, -0.1) is 0 Å². The smallest absolute Gasteiger partial charge is 0.328 e. The van der Waals surface area contributed by atoms with Crippen LogP contribution in [0.3, 0.4) is 0 Å². The quantitative estimate of drug-likeness (QED) is 0.691. The molecule has 0 spiro atoms. The number of hydrogen-bond donors (Lipinski definition) is 2. The van der Waals surface area contributed by atoms with E-state index in [4.69, 9.17) is 4.74 Å². The van der Waals surface area contributed by atoms with Gasteiger partial charge in [-0.1, -0.05) is 31.5 Å². The van der Waals surface area contributed by atoms with E-state index < -0.39 is 27.9 Å². The van der Waals surface area contributed by atoms with Crippen molar-refractivity contribution < 1.29 is 22.7 Å². The van der Waals surface area contributed by atoms with Crippen LogP contribution in [0.15, 0.2) is 53.4 Å². The number of esters is 1. The molecule has 0 saturated carbocycles. The van der Waals surface area contributed by atoms with Gasteiger partial charge in [0.2, 0.25) is 0 Å². The Morgan fingerprint density at radius 1 is 0.964 bits per heavy atom. The molecule has 0 bridgehead atoms. The molecular formula is C20H24N2O5S. The molecule has 150 valence electrons. The van der Waals surface area contributed by atoms with Crippen LogP contribution in [0.4, 0.5) is 5.69 Å². The van der Waals surface area contributed by atoms with E-state index in [1.54, 1.807) is 26.0 Å². The first-order valence-electron chi connectivity index (χ1n) is 8.72. The number of sulfonamides is 1. The average Bonchev–Trinajstić information content (AvgIpc) is 2.65. The van der Waals surface area contributed by atoms with Crippen molar-refractivity contribution in [3.8, 4) is 0 Å². The highest BCUT2D eigenvalue weighted by Crippen LogP contribution is 2.17. The number of methoxy groups -OCH3 is 1. The van der Waals surface area contributed by atoms with Gasteiger partial charge in [0.05, 0.1) is 12.0 Å². The van der Waals surface area contributed by atoms with Gasteiger partial charge >= 0.3 is 5.97 Å². The van der Waals surface area contributed by atoms with E-state index in [0.29, 0.717) is 11.3 Å². The molecule has 0 aliphatic rings. The number of carbonyl (C=O) groups excluding carboxylic acids is 2. The summed E-state index contributed by atoms with van der Waals surface area (Å²) in [6.45, 7) is 5.47. The van der Waals surface area contributed by atoms with Crippen molar-refractivity contribution in [2.45, 2.75) is 31.7 Å². The zero-order valence-corrected chi connectivity index (χ0v) is 17.0. The number of anilines is 1. The minimum absolute atomic E-state index is 0.142. The van der Waals surface area contributed by atoms with E-state index in [0.717, 1.165) is 5.56 Å². The summed E-state index contributed by atoms with van der Waals surface area (Å²) in [5.74, 6) is -1.11. The molecule has 2 rings (SSSR count). The molecule has 1 amide bonds. The summed E-state index contributed by atoms with van der Waals surface area (Å²) >= 11 is 0. The Kier molecular flexibility index (Phi) is 6.80. The maximum absolute atomic E-state index is 12.4. The molecule has 0 aromatic heterocycles. The molecule has 28 heavy (non-hydrogen) atoms. The Morgan fingerprint density at radius 3 is 2.04 bits per heavy atom. The molecule has 8 heteroatoms. The number of carbonyl (C=O) groups is 2. The fraction of sp³-hybridized carbons (Fsp3) is 0.300. The second-order valence-electron chi connectivity index (χ2n) is 6.71. The lowest BCUT2D eigenvalue weighted by Crippen LogP contribution is -2.45. The Hall–Kier alpha value is -2.87. The van der Waals surface area contributed by atoms with Crippen molar-refractivity contribution in [2.24, 2.45) is 5.92 Å². The summed E-state index contributed by atoms with van der Waals surface area (Å²) in [4.78, 5) is 24.3. The average molecular weight is 404 g/mol. The third-order valence-corrected chi connectivity index (χ3v) is 5.54. The molecule has 2 N–H and O–H groups in total. The van der Waals surface area contributed by atoms with Crippen molar-refractivity contribution >= 4 is 27.6 Å². The minimum Gasteiger partial charge on any atom is -0.467 e. The van der Waals surface area contributed by atoms with Gasteiger partial charge < -0.3 is 10.1 Å². The zero-order valence-electron chi connectivity index (χ0n) is 16.2. The third-order valence-electron chi connectivity index (χ3n) is 4.14. The molecular weight excluding hydrogens is 380 g/mol. The fourth-order valence-electron chi connectivity index (χ4n) is 2.47. The third kappa shape index (κ3) is 5.32. The number of hydrogen-bond acceptors (Lipinski definition) is 5. The second kappa shape index (κ2) is 8.88. The highest BCUT2D eigenvalue weighted by atomic mass is 32.2. The van der Waals surface area contributed by atoms with Crippen LogP contribution in [0.1, 0.15) is 29.8 Å². The summed E-state index contributed by atoms with van der Waals surface area (Å²) < 4.78 is 32.0. The van der Waals surface area contributed by atoms with Crippen molar-refractivity contribution in [3.05, 3.63) is 59.7 Å². The molecule has 0 aliphatic heterocycles. The van der Waals surface area contributed by atoms with Crippen LogP contribution in [0.2, 0.25) is 0 Å². The van der Waals surface area contributed by atoms with Crippen LogP contribution in [0.5, 0.6) is 0 Å². The maximum Gasteiger partial charge on any atom is 0.328 e. The van der Waals surface area contributed by atoms with Gasteiger partial charge in [0.25, 0.3) is 15.9 Å². The Bertz CT molecular complexity index is 936. The van der Waals surface area contributed by atoms with E-state index in [2.05, 4.69) is 10.0 Å². The zero-order chi connectivity index (χ0) is 20.9. The first-order chi connectivity index (χ1) is 13.1. The standard InChI is InChI=1S/C20H24N2O5S/c1-13(2)18(20(24)27-4)21-19(23)15-7-9-16(10-8-15)22-28(25,26)17-11-5-14(3)6-12-17/h5-13,18,22H,1-4H3,(H,21,23)/t18-/m0/s1. The second-order valence-corrected chi connectivity index (χ2v) is 8.40. The van der Waals surface area contributed by atoms with Gasteiger partial charge in [0.1, 0.15) is 6.04 Å². The summed E-state index contributed by atoms with van der Waals surface area (Å²) in [6.07, 6.45) is 0. The van der Waals surface area contributed by atoms with Crippen LogP contribution in [-0.4, -0.2) is 33.4 Å². The largest absolute Gasteiger partial charge is 0.467 e. The van der Waals surface area contributed by atoms with Gasteiger partial charge in [-0.05, 0) is 49.2 Å². The number of nitrogens with one attached hydrogen (secondary N) is 2. The summed E-state index contributed by atoms with van der Waals surface area (Å²) in [5.41, 5.74) is 1.58.